The summed E-state index contributed by atoms with van der Waals surface area (Å²) in [4.78, 5) is 0. The molecule has 1 aromatic carbocycles. The molecule has 0 N–H and O–H groups in total. The summed E-state index contributed by atoms with van der Waals surface area (Å²) in [6.45, 7) is 0. The van der Waals surface area contributed by atoms with E-state index in [9.17, 15) is 0 Å². The molecule has 1 heterocycles. The van der Waals surface area contributed by atoms with Crippen LogP contribution in [0.4, 0.5) is 0 Å². The van der Waals surface area contributed by atoms with E-state index in [1.165, 1.54) is 0 Å². The first-order chi connectivity index (χ1) is 6.79. The van der Waals surface area contributed by atoms with Gasteiger partial charge in [0, 0.05) is 16.1 Å². The predicted octanol–water partition coefficient (Wildman–Crippen LogP) is 3.83. The highest BCUT2D eigenvalue weighted by molar-refractivity contribution is 9.10. The Morgan fingerprint density at radius 1 is 1.29 bits per heavy atom. The highest BCUT2D eigenvalue weighted by Gasteiger charge is 2.04. The van der Waals surface area contributed by atoms with Crippen molar-refractivity contribution >= 4 is 27.7 Å². The van der Waals surface area contributed by atoms with Gasteiger partial charge in [-0.25, -0.2) is 0 Å². The van der Waals surface area contributed by atoms with Crippen LogP contribution in [0, 0.1) is 0 Å². The van der Waals surface area contributed by atoms with Gasteiger partial charge in [0.05, 0.1) is 0 Å². The maximum absolute atomic E-state index is 5.10. The molecule has 0 spiro atoms. The van der Waals surface area contributed by atoms with Gasteiger partial charge >= 0.3 is 0 Å². The molecular formula is C10H8BrNOS. The van der Waals surface area contributed by atoms with Gasteiger partial charge in [0.2, 0.25) is 0 Å². The molecule has 0 radical (unpaired) electrons. The molecule has 72 valence electrons. The highest BCUT2D eigenvalue weighted by Crippen LogP contribution is 2.24. The maximum atomic E-state index is 5.10. The first-order valence-corrected chi connectivity index (χ1v) is 6.08. The topological polar surface area (TPSA) is 26.0 Å². The van der Waals surface area contributed by atoms with Crippen LogP contribution in [0.1, 0.15) is 0 Å². The van der Waals surface area contributed by atoms with Crippen molar-refractivity contribution in [1.29, 1.82) is 0 Å². The molecule has 2 aromatic rings. The van der Waals surface area contributed by atoms with Crippen molar-refractivity contribution in [3.05, 3.63) is 34.8 Å². The third-order valence-electron chi connectivity index (χ3n) is 1.83. The van der Waals surface area contributed by atoms with Crippen molar-refractivity contribution in [2.75, 3.05) is 6.26 Å². The van der Waals surface area contributed by atoms with Gasteiger partial charge in [-0.3, -0.25) is 0 Å². The Balaban J connectivity index is 2.34. The molecular weight excluding hydrogens is 262 g/mol. The lowest BCUT2D eigenvalue weighted by molar-refractivity contribution is 0.352. The van der Waals surface area contributed by atoms with Crippen molar-refractivity contribution in [2.24, 2.45) is 0 Å². The summed E-state index contributed by atoms with van der Waals surface area (Å²) in [7, 11) is 0. The molecule has 0 unspecified atom stereocenters. The van der Waals surface area contributed by atoms with Gasteiger partial charge in [-0.1, -0.05) is 45.0 Å². The van der Waals surface area contributed by atoms with Gasteiger partial charge < -0.3 is 4.52 Å². The number of hydrogen-bond acceptors (Lipinski definition) is 3. The van der Waals surface area contributed by atoms with Crippen LogP contribution in [-0.4, -0.2) is 11.4 Å². The fourth-order valence-corrected chi connectivity index (χ4v) is 1.72. The average molecular weight is 270 g/mol. The summed E-state index contributed by atoms with van der Waals surface area (Å²) in [5.41, 5.74) is 1.94. The van der Waals surface area contributed by atoms with E-state index in [1.807, 2.05) is 36.6 Å². The minimum atomic E-state index is 0.836. The van der Waals surface area contributed by atoms with Gasteiger partial charge in [0.15, 0.2) is 5.09 Å². The monoisotopic (exact) mass is 269 g/mol. The van der Waals surface area contributed by atoms with E-state index >= 15 is 0 Å². The maximum Gasteiger partial charge on any atom is 0.193 e. The molecule has 2 nitrogen and oxygen atoms in total. The summed E-state index contributed by atoms with van der Waals surface area (Å²) in [5.74, 6) is 0. The SMILES string of the molecule is CSc1cc(-c2ccc(Br)cc2)no1. The lowest BCUT2D eigenvalue weighted by Crippen LogP contribution is -1.75. The predicted molar refractivity (Wildman–Crippen MR) is 61.4 cm³/mol. The number of thioether (sulfide) groups is 1. The smallest absolute Gasteiger partial charge is 0.193 e. The highest BCUT2D eigenvalue weighted by atomic mass is 79.9. The zero-order valence-electron chi connectivity index (χ0n) is 7.53. The summed E-state index contributed by atoms with van der Waals surface area (Å²) < 4.78 is 6.16. The van der Waals surface area contributed by atoms with Crippen LogP contribution < -0.4 is 0 Å². The van der Waals surface area contributed by atoms with E-state index in [1.54, 1.807) is 11.8 Å². The van der Waals surface area contributed by atoms with E-state index in [0.29, 0.717) is 0 Å². The molecule has 0 bridgehead atoms. The number of benzene rings is 1. The summed E-state index contributed by atoms with van der Waals surface area (Å²) in [6.07, 6.45) is 1.96. The minimum Gasteiger partial charge on any atom is -0.349 e. The Morgan fingerprint density at radius 3 is 2.57 bits per heavy atom. The number of rotatable bonds is 2. The first-order valence-electron chi connectivity index (χ1n) is 4.06. The van der Waals surface area contributed by atoms with Gasteiger partial charge in [-0.05, 0) is 18.4 Å². The number of aromatic nitrogens is 1. The van der Waals surface area contributed by atoms with E-state index in [-0.39, 0.29) is 0 Å². The molecule has 0 saturated heterocycles. The van der Waals surface area contributed by atoms with E-state index < -0.39 is 0 Å². The van der Waals surface area contributed by atoms with Gasteiger partial charge in [0.1, 0.15) is 5.69 Å². The number of halogens is 1. The molecule has 0 fully saturated rings. The van der Waals surface area contributed by atoms with Gasteiger partial charge in [-0.15, -0.1) is 0 Å². The quantitative estimate of drug-likeness (QED) is 0.776. The molecule has 0 aliphatic rings. The van der Waals surface area contributed by atoms with Crippen molar-refractivity contribution in [3.63, 3.8) is 0 Å². The van der Waals surface area contributed by atoms with Gasteiger partial charge in [-0.2, -0.15) is 0 Å². The fraction of sp³-hybridized carbons (Fsp3) is 0.100. The second kappa shape index (κ2) is 4.19. The molecule has 0 amide bonds. The zero-order valence-corrected chi connectivity index (χ0v) is 9.93. The number of hydrogen-bond donors (Lipinski definition) is 0. The third-order valence-corrected chi connectivity index (χ3v) is 2.95. The van der Waals surface area contributed by atoms with Crippen molar-refractivity contribution in [1.82, 2.24) is 5.16 Å². The summed E-state index contributed by atoms with van der Waals surface area (Å²) in [6, 6.07) is 9.93. The van der Waals surface area contributed by atoms with Crippen molar-refractivity contribution < 1.29 is 4.52 Å². The molecule has 0 aliphatic heterocycles. The lowest BCUT2D eigenvalue weighted by atomic mass is 10.2. The van der Waals surface area contributed by atoms with E-state index in [0.717, 1.165) is 20.8 Å². The molecule has 1 aromatic heterocycles. The molecule has 0 saturated carbocycles. The van der Waals surface area contributed by atoms with E-state index in [4.69, 9.17) is 4.52 Å². The number of nitrogens with zero attached hydrogens (tertiary/aromatic N) is 1. The van der Waals surface area contributed by atoms with Crippen molar-refractivity contribution in [2.45, 2.75) is 5.09 Å². The zero-order chi connectivity index (χ0) is 9.97. The first kappa shape index (κ1) is 9.80. The Bertz CT molecular complexity index is 424. The van der Waals surface area contributed by atoms with Crippen LogP contribution in [0.2, 0.25) is 0 Å². The largest absolute Gasteiger partial charge is 0.349 e. The Kier molecular flexibility index (Phi) is 2.93. The molecule has 14 heavy (non-hydrogen) atoms. The lowest BCUT2D eigenvalue weighted by Gasteiger charge is -1.94. The van der Waals surface area contributed by atoms with E-state index in [2.05, 4.69) is 21.1 Å². The Morgan fingerprint density at radius 2 is 2.00 bits per heavy atom. The summed E-state index contributed by atoms with van der Waals surface area (Å²) in [5, 5.41) is 4.81. The molecule has 4 heteroatoms. The van der Waals surface area contributed by atoms with Crippen LogP contribution in [0.15, 0.2) is 44.4 Å². The van der Waals surface area contributed by atoms with Crippen LogP contribution >= 0.6 is 27.7 Å². The molecule has 0 atom stereocenters. The van der Waals surface area contributed by atoms with Crippen molar-refractivity contribution in [3.8, 4) is 11.3 Å². The van der Waals surface area contributed by atoms with Gasteiger partial charge in [0.25, 0.3) is 0 Å². The minimum absolute atomic E-state index is 0.836. The molecule has 0 aliphatic carbocycles. The summed E-state index contributed by atoms with van der Waals surface area (Å²) >= 11 is 4.94. The Labute approximate surface area is 94.8 Å². The van der Waals surface area contributed by atoms with Crippen LogP contribution in [0.3, 0.4) is 0 Å². The van der Waals surface area contributed by atoms with Crippen LogP contribution in [0.5, 0.6) is 0 Å². The average Bonchev–Trinajstić information content (AvgIpc) is 2.67. The molecule has 2 rings (SSSR count). The third kappa shape index (κ3) is 2.01. The fourth-order valence-electron chi connectivity index (χ4n) is 1.11. The normalized spacial score (nSPS) is 10.4. The van der Waals surface area contributed by atoms with Crippen LogP contribution in [0.25, 0.3) is 11.3 Å². The standard InChI is InChI=1S/C10H8BrNOS/c1-14-10-6-9(12-13-10)7-2-4-8(11)5-3-7/h2-6H,1H3. The second-order valence-electron chi connectivity index (χ2n) is 2.74. The second-order valence-corrected chi connectivity index (χ2v) is 4.47. The van der Waals surface area contributed by atoms with Crippen LogP contribution in [-0.2, 0) is 0 Å². The Hall–Kier alpha value is -0.740.